The number of rotatable bonds is 4. The van der Waals surface area contributed by atoms with E-state index < -0.39 is 0 Å². The number of furan rings is 1. The van der Waals surface area contributed by atoms with Crippen LogP contribution in [0.15, 0.2) is 65.1 Å². The Kier molecular flexibility index (Phi) is 4.74. The molecule has 0 saturated heterocycles. The number of carbonyl (C=O) groups is 1. The third-order valence-corrected chi connectivity index (χ3v) is 3.92. The Morgan fingerprint density at radius 3 is 2.46 bits per heavy atom. The number of carbonyl (C=O) groups excluding carboxylic acids is 1. The Morgan fingerprint density at radius 2 is 1.75 bits per heavy atom. The molecule has 1 aromatic heterocycles. The van der Waals surface area contributed by atoms with Crippen molar-refractivity contribution in [1.82, 2.24) is 0 Å². The monoisotopic (exact) mass is 358 g/mol. The number of aromatic hydroxyl groups is 1. The minimum absolute atomic E-state index is 0.117. The van der Waals surface area contributed by atoms with Gasteiger partial charge in [-0.3, -0.25) is 4.79 Å². The number of phenolic OH excluding ortho intramolecular Hbond substituents is 1. The Hall–Kier alpha value is -2.49. The third-order valence-electron chi connectivity index (χ3n) is 3.37. The summed E-state index contributed by atoms with van der Waals surface area (Å²) in [5, 5.41) is 10.3. The fraction of sp³-hybridized carbons (Fsp3) is 0. The van der Waals surface area contributed by atoms with Crippen LogP contribution < -0.4 is 0 Å². The Morgan fingerprint density at radius 1 is 1.00 bits per heavy atom. The van der Waals surface area contributed by atoms with Crippen molar-refractivity contribution >= 4 is 35.1 Å². The molecule has 0 bridgehead atoms. The van der Waals surface area contributed by atoms with Crippen molar-refractivity contribution in [3.63, 3.8) is 0 Å². The fourth-order valence-corrected chi connectivity index (χ4v) is 2.66. The molecule has 2 aromatic carbocycles. The maximum Gasteiger partial charge on any atom is 0.185 e. The van der Waals surface area contributed by atoms with Crippen molar-refractivity contribution in [2.24, 2.45) is 0 Å². The zero-order valence-electron chi connectivity index (χ0n) is 12.4. The number of phenols is 1. The average Bonchev–Trinajstić information content (AvgIpc) is 3.02. The van der Waals surface area contributed by atoms with Gasteiger partial charge in [0, 0.05) is 16.1 Å². The van der Waals surface area contributed by atoms with Gasteiger partial charge >= 0.3 is 0 Å². The number of hydrogen-bond donors (Lipinski definition) is 1. The molecule has 1 N–H and O–H groups in total. The highest BCUT2D eigenvalue weighted by atomic mass is 35.5. The summed E-state index contributed by atoms with van der Waals surface area (Å²) in [5.41, 5.74) is 1.21. The van der Waals surface area contributed by atoms with E-state index in [2.05, 4.69) is 0 Å². The number of hydrogen-bond acceptors (Lipinski definition) is 3. The number of allylic oxidation sites excluding steroid dienone is 1. The molecule has 0 aliphatic rings. The van der Waals surface area contributed by atoms with Gasteiger partial charge in [0.2, 0.25) is 0 Å². The summed E-state index contributed by atoms with van der Waals surface area (Å²) >= 11 is 12.0. The Balaban J connectivity index is 1.78. The van der Waals surface area contributed by atoms with Gasteiger partial charge in [-0.25, -0.2) is 0 Å². The van der Waals surface area contributed by atoms with Crippen molar-refractivity contribution < 1.29 is 14.3 Å². The van der Waals surface area contributed by atoms with Gasteiger partial charge in [0.1, 0.15) is 17.3 Å². The normalized spacial score (nSPS) is 11.1. The molecule has 0 atom stereocenters. The standard InChI is InChI=1S/C19H12Cl2O3/c20-13-3-8-16(17(21)11-13)19-10-7-15(24-19)6-9-18(23)12-1-4-14(22)5-2-12/h1-11,22H/b9-6+. The van der Waals surface area contributed by atoms with Gasteiger partial charge in [0.25, 0.3) is 0 Å². The van der Waals surface area contributed by atoms with Crippen LogP contribution in [0.25, 0.3) is 17.4 Å². The lowest BCUT2D eigenvalue weighted by Gasteiger charge is -2.00. The van der Waals surface area contributed by atoms with E-state index in [-0.39, 0.29) is 11.5 Å². The molecule has 120 valence electrons. The first kappa shape index (κ1) is 16.4. The van der Waals surface area contributed by atoms with Crippen LogP contribution in [0.4, 0.5) is 0 Å². The lowest BCUT2D eigenvalue weighted by Crippen LogP contribution is -1.92. The van der Waals surface area contributed by atoms with E-state index >= 15 is 0 Å². The summed E-state index contributed by atoms with van der Waals surface area (Å²) < 4.78 is 5.69. The molecule has 0 aliphatic carbocycles. The molecule has 3 nitrogen and oxygen atoms in total. The number of halogens is 2. The Bertz CT molecular complexity index is 909. The summed E-state index contributed by atoms with van der Waals surface area (Å²) in [6.07, 6.45) is 3.00. The molecule has 0 aliphatic heterocycles. The SMILES string of the molecule is O=C(/C=C/c1ccc(-c2ccc(Cl)cc2Cl)o1)c1ccc(O)cc1. The van der Waals surface area contributed by atoms with Crippen molar-refractivity contribution in [2.45, 2.75) is 0 Å². The second kappa shape index (κ2) is 6.95. The van der Waals surface area contributed by atoms with Gasteiger partial charge in [-0.1, -0.05) is 23.2 Å². The van der Waals surface area contributed by atoms with Gasteiger partial charge in [0.15, 0.2) is 5.78 Å². The van der Waals surface area contributed by atoms with Gasteiger partial charge in [-0.05, 0) is 66.7 Å². The first-order chi connectivity index (χ1) is 11.5. The van der Waals surface area contributed by atoms with Crippen LogP contribution in [0, 0.1) is 0 Å². The molecule has 0 spiro atoms. The largest absolute Gasteiger partial charge is 0.508 e. The van der Waals surface area contributed by atoms with Gasteiger partial charge < -0.3 is 9.52 Å². The zero-order chi connectivity index (χ0) is 17.1. The topological polar surface area (TPSA) is 50.4 Å². The van der Waals surface area contributed by atoms with Crippen molar-refractivity contribution in [1.29, 1.82) is 0 Å². The van der Waals surface area contributed by atoms with Crippen LogP contribution in [0.2, 0.25) is 10.0 Å². The molecule has 24 heavy (non-hydrogen) atoms. The minimum Gasteiger partial charge on any atom is -0.508 e. The zero-order valence-corrected chi connectivity index (χ0v) is 13.9. The van der Waals surface area contributed by atoms with Gasteiger partial charge in [-0.2, -0.15) is 0 Å². The molecule has 5 heteroatoms. The molecule has 0 radical (unpaired) electrons. The summed E-state index contributed by atoms with van der Waals surface area (Å²) in [6, 6.07) is 14.7. The van der Waals surface area contributed by atoms with E-state index in [1.54, 1.807) is 48.5 Å². The van der Waals surface area contributed by atoms with E-state index in [0.29, 0.717) is 27.1 Å². The first-order valence-corrected chi connectivity index (χ1v) is 7.85. The van der Waals surface area contributed by atoms with E-state index in [9.17, 15) is 9.90 Å². The molecule has 0 saturated carbocycles. The summed E-state index contributed by atoms with van der Waals surface area (Å²) in [6.45, 7) is 0. The third kappa shape index (κ3) is 3.70. The van der Waals surface area contributed by atoms with E-state index in [1.165, 1.54) is 18.2 Å². The maximum atomic E-state index is 12.1. The van der Waals surface area contributed by atoms with E-state index in [0.717, 1.165) is 5.56 Å². The highest BCUT2D eigenvalue weighted by Crippen LogP contribution is 2.31. The van der Waals surface area contributed by atoms with Gasteiger partial charge in [-0.15, -0.1) is 0 Å². The second-order valence-corrected chi connectivity index (χ2v) is 5.91. The molecule has 0 amide bonds. The molecule has 3 aromatic rings. The van der Waals surface area contributed by atoms with E-state index in [1.807, 2.05) is 0 Å². The first-order valence-electron chi connectivity index (χ1n) is 7.09. The minimum atomic E-state index is -0.183. The Labute approximate surface area is 148 Å². The molecular formula is C19H12Cl2O3. The lowest BCUT2D eigenvalue weighted by molar-refractivity contribution is 0.104. The predicted molar refractivity (Wildman–Crippen MR) is 95.6 cm³/mol. The summed E-state index contributed by atoms with van der Waals surface area (Å²) in [7, 11) is 0. The van der Waals surface area contributed by atoms with Gasteiger partial charge in [0.05, 0.1) is 5.02 Å². The maximum absolute atomic E-state index is 12.1. The smallest absolute Gasteiger partial charge is 0.185 e. The predicted octanol–water partition coefficient (Wildman–Crippen LogP) is 5.86. The van der Waals surface area contributed by atoms with Crippen LogP contribution in [-0.2, 0) is 0 Å². The van der Waals surface area contributed by atoms with Crippen LogP contribution >= 0.6 is 23.2 Å². The lowest BCUT2D eigenvalue weighted by atomic mass is 10.1. The average molecular weight is 359 g/mol. The molecule has 1 heterocycles. The van der Waals surface area contributed by atoms with Crippen LogP contribution in [0.3, 0.4) is 0 Å². The number of ketones is 1. The molecule has 0 unspecified atom stereocenters. The number of benzene rings is 2. The van der Waals surface area contributed by atoms with Crippen LogP contribution in [0.1, 0.15) is 16.1 Å². The highest BCUT2D eigenvalue weighted by Gasteiger charge is 2.08. The molecule has 0 fully saturated rings. The highest BCUT2D eigenvalue weighted by molar-refractivity contribution is 6.36. The molecular weight excluding hydrogens is 347 g/mol. The summed E-state index contributed by atoms with van der Waals surface area (Å²) in [5.74, 6) is 1.06. The van der Waals surface area contributed by atoms with Crippen molar-refractivity contribution in [2.75, 3.05) is 0 Å². The fourth-order valence-electron chi connectivity index (χ4n) is 2.16. The second-order valence-electron chi connectivity index (χ2n) is 5.07. The van der Waals surface area contributed by atoms with Crippen molar-refractivity contribution in [3.8, 4) is 17.1 Å². The van der Waals surface area contributed by atoms with Crippen LogP contribution in [-0.4, -0.2) is 10.9 Å². The summed E-state index contributed by atoms with van der Waals surface area (Å²) in [4.78, 5) is 12.1. The van der Waals surface area contributed by atoms with Crippen molar-refractivity contribution in [3.05, 3.63) is 82.0 Å². The molecule has 3 rings (SSSR count). The van der Waals surface area contributed by atoms with E-state index in [4.69, 9.17) is 27.6 Å². The van der Waals surface area contributed by atoms with Crippen LogP contribution in [0.5, 0.6) is 5.75 Å². The quantitative estimate of drug-likeness (QED) is 0.469.